The molecule has 11 N–H and O–H groups in total. The first kappa shape index (κ1) is 64.5. The highest BCUT2D eigenvalue weighted by Crippen LogP contribution is 2.62. The van der Waals surface area contributed by atoms with Crippen LogP contribution in [0.15, 0.2) is 115 Å². The highest BCUT2D eigenvalue weighted by Gasteiger charge is 2.55. The number of aryl methyl sites for hydroxylation is 3. The maximum atomic E-state index is 12.5. The van der Waals surface area contributed by atoms with Gasteiger partial charge in [0.1, 0.15) is 41.1 Å². The van der Waals surface area contributed by atoms with Crippen molar-refractivity contribution < 1.29 is 49.6 Å². The van der Waals surface area contributed by atoms with E-state index in [-0.39, 0.29) is 80.7 Å². The monoisotopic (exact) mass is 1260 g/mol. The number of aliphatic hydroxyl groups is 4. The molecule has 3 aliphatic heterocycles. The Morgan fingerprint density at radius 3 is 2.37 bits per heavy atom. The number of aromatic nitrogens is 1. The number of aliphatic hydroxyl groups excluding tert-OH is 3. The molecule has 13 rings (SSSR count). The van der Waals surface area contributed by atoms with E-state index in [9.17, 15) is 30.6 Å². The lowest BCUT2D eigenvalue weighted by atomic mass is 9.62. The van der Waals surface area contributed by atoms with Gasteiger partial charge >= 0.3 is 0 Å². The van der Waals surface area contributed by atoms with E-state index in [4.69, 9.17) is 18.9 Å². The first-order valence-corrected chi connectivity index (χ1v) is 34.2. The number of hydrogen-bond donors (Lipinski definition) is 11. The Bertz CT molecular complexity index is 3880. The first-order valence-electron chi connectivity index (χ1n) is 34.2. The van der Waals surface area contributed by atoms with Gasteiger partial charge < -0.3 is 65.2 Å². The number of ether oxygens (including phenoxy) is 4. The molecule has 6 aromatic carbocycles. The molecule has 0 saturated heterocycles. The van der Waals surface area contributed by atoms with Gasteiger partial charge in [0.15, 0.2) is 17.6 Å². The average Bonchev–Trinajstić information content (AvgIpc) is 1.06. The average molecular weight is 1260 g/mol. The van der Waals surface area contributed by atoms with Crippen LogP contribution in [0.4, 0.5) is 0 Å². The molecule has 15 heteroatoms. The Morgan fingerprint density at radius 1 is 0.774 bits per heavy atom. The van der Waals surface area contributed by atoms with Gasteiger partial charge in [-0.2, -0.15) is 0 Å². The maximum absolute atomic E-state index is 12.5. The van der Waals surface area contributed by atoms with Crippen molar-refractivity contribution in [3.05, 3.63) is 176 Å². The van der Waals surface area contributed by atoms with Gasteiger partial charge in [-0.25, -0.2) is 0 Å². The summed E-state index contributed by atoms with van der Waals surface area (Å²) in [5, 5.41) is 84.7. The fourth-order valence-electron chi connectivity index (χ4n) is 16.2. The zero-order valence-corrected chi connectivity index (χ0v) is 54.2. The number of hydrogen-bond acceptors (Lipinski definition) is 14. The normalized spacial score (nSPS) is 22.7. The largest absolute Gasteiger partial charge is 0.507 e. The van der Waals surface area contributed by atoms with Crippen molar-refractivity contribution in [3.63, 3.8) is 0 Å². The molecule has 0 amide bonds. The minimum absolute atomic E-state index is 0.00728. The molecule has 93 heavy (non-hydrogen) atoms. The van der Waals surface area contributed by atoms with E-state index in [0.29, 0.717) is 87.1 Å². The maximum Gasteiger partial charge on any atom is 0.162 e. The number of phenolic OH excluding ortho intramolecular Hbond substituents is 2. The van der Waals surface area contributed by atoms with Crippen molar-refractivity contribution >= 4 is 17.0 Å². The zero-order chi connectivity index (χ0) is 64.2. The van der Waals surface area contributed by atoms with Crippen molar-refractivity contribution in [2.75, 3.05) is 52.9 Å². The second kappa shape index (κ2) is 28.4. The minimum Gasteiger partial charge on any atom is -0.507 e. The van der Waals surface area contributed by atoms with Crippen LogP contribution in [0.2, 0.25) is 0 Å². The fraction of sp³-hybridized carbons (Fsp3) is 0.462. The van der Waals surface area contributed by atoms with E-state index in [1.807, 2.05) is 49.5 Å². The molecular formula is C78H93N5O10. The lowest BCUT2D eigenvalue weighted by Gasteiger charge is -2.50. The number of rotatable bonds is 25. The Labute approximate surface area is 547 Å². The van der Waals surface area contributed by atoms with E-state index in [1.165, 1.54) is 16.7 Å². The lowest BCUT2D eigenvalue weighted by Crippen LogP contribution is -2.62. The van der Waals surface area contributed by atoms with Crippen LogP contribution in [-0.2, 0) is 49.7 Å². The molecule has 8 unspecified atom stereocenters. The van der Waals surface area contributed by atoms with Gasteiger partial charge in [0.2, 0.25) is 0 Å². The van der Waals surface area contributed by atoms with Gasteiger partial charge in [-0.05, 0) is 199 Å². The topological polar surface area (TPSA) is 222 Å². The second-order valence-electron chi connectivity index (χ2n) is 27.6. The van der Waals surface area contributed by atoms with Gasteiger partial charge in [0.05, 0.1) is 25.5 Å². The molecule has 1 saturated carbocycles. The predicted octanol–water partition coefficient (Wildman–Crippen LogP) is 10.7. The molecule has 3 aliphatic carbocycles. The van der Waals surface area contributed by atoms with Crippen LogP contribution in [0.25, 0.3) is 28.1 Å². The summed E-state index contributed by atoms with van der Waals surface area (Å²) in [7, 11) is 0. The van der Waals surface area contributed by atoms with E-state index >= 15 is 0 Å². The summed E-state index contributed by atoms with van der Waals surface area (Å²) in [5.74, 6) is 8.89. The second-order valence-corrected chi connectivity index (χ2v) is 27.6. The van der Waals surface area contributed by atoms with Crippen LogP contribution in [0.3, 0.4) is 0 Å². The Hall–Kier alpha value is -7.20. The molecule has 2 bridgehead atoms. The van der Waals surface area contributed by atoms with Crippen LogP contribution in [0, 0.1) is 17.8 Å². The number of benzene rings is 6. The van der Waals surface area contributed by atoms with E-state index < -0.39 is 35.6 Å². The summed E-state index contributed by atoms with van der Waals surface area (Å²) in [6.07, 6.45) is 12.4. The number of aromatic hydroxyl groups is 2. The standard InChI is InChI=1S/C78H93N5O10/c1-48(2)40-77(3,89)45-80-46-82-69-21-11-20-58(43-85)91-68-38-55(36-54(73(68)88)23-22-50-16-7-8-17-51(50)31-34-84)76-78(69,90-47-83-57-18-9-10-19-57)41-65-62-39-64-70(53-24-28-66-52(35-53)30-33-81-66)56(42-79-32-12-15-49-13-5-4-6-14-49)37-63-67(87)29-27-60(71(63)64)72(62)75-61(74(65)93-76)26-25-59(44-86)92-75/h4-8,13-14,16-17,24,27-30,33,35-38,48,57-59,64,69-70,76,79-89H,9-10,12,15,18-20,22-23,25-26,31-32,34,39-47H2,1-3H3. The summed E-state index contributed by atoms with van der Waals surface area (Å²) in [5.41, 5.74) is 12.5. The molecule has 0 radical (unpaired) electrons. The minimum atomic E-state index is -1.35. The quantitative estimate of drug-likeness (QED) is 0.0146. The van der Waals surface area contributed by atoms with Crippen molar-refractivity contribution in [2.24, 2.45) is 5.92 Å². The molecule has 0 spiro atoms. The summed E-state index contributed by atoms with van der Waals surface area (Å²) in [4.78, 5) is 3.43. The summed E-state index contributed by atoms with van der Waals surface area (Å²) in [6.45, 7) is 7.71. The van der Waals surface area contributed by atoms with Crippen molar-refractivity contribution in [2.45, 2.75) is 171 Å². The third-order valence-electron chi connectivity index (χ3n) is 20.5. The van der Waals surface area contributed by atoms with Gasteiger partial charge in [-0.15, -0.1) is 0 Å². The van der Waals surface area contributed by atoms with Crippen LogP contribution < -0.4 is 35.5 Å². The van der Waals surface area contributed by atoms with Crippen LogP contribution >= 0.6 is 0 Å². The highest BCUT2D eigenvalue weighted by molar-refractivity contribution is 5.90. The molecule has 1 fully saturated rings. The molecule has 4 heterocycles. The smallest absolute Gasteiger partial charge is 0.162 e. The molecule has 6 aliphatic rings. The van der Waals surface area contributed by atoms with Gasteiger partial charge in [0.25, 0.3) is 0 Å². The van der Waals surface area contributed by atoms with E-state index in [2.05, 4.69) is 125 Å². The number of aromatic amines is 1. The first-order chi connectivity index (χ1) is 45.3. The van der Waals surface area contributed by atoms with Gasteiger partial charge in [-0.1, -0.05) is 105 Å². The van der Waals surface area contributed by atoms with Gasteiger partial charge in [-0.3, -0.25) is 10.6 Å². The molecule has 1 aromatic heterocycles. The summed E-state index contributed by atoms with van der Waals surface area (Å²) >= 11 is 0. The predicted molar refractivity (Wildman–Crippen MR) is 364 cm³/mol. The Morgan fingerprint density at radius 2 is 1.57 bits per heavy atom. The van der Waals surface area contributed by atoms with Gasteiger partial charge in [0, 0.05) is 85.1 Å². The Balaban J connectivity index is 0.999. The van der Waals surface area contributed by atoms with Crippen molar-refractivity contribution in [1.29, 1.82) is 0 Å². The van der Waals surface area contributed by atoms with Crippen LogP contribution in [0.5, 0.6) is 28.7 Å². The molecular weight excluding hydrogens is 1170 g/mol. The number of nitrogens with one attached hydrogen (secondary N) is 5. The zero-order valence-electron chi connectivity index (χ0n) is 54.2. The molecule has 15 nitrogen and oxygen atoms in total. The third kappa shape index (κ3) is 13.6. The SMILES string of the molecule is CC(C)CC(C)(O)CNCNC1C#CCC(CO)Oc2cc(cc(CCc3ccccc3CCO)c2O)C2Oc3c(c4c(c5c3CCC(CO)O5)-c3ccc(O)c5c3C(C4)C(c3ccc4[nH]ccc4c3)C(CNCCCc3ccccc3)=C5)CC12OCNC1CCCC1. The van der Waals surface area contributed by atoms with E-state index in [1.54, 1.807) is 0 Å². The van der Waals surface area contributed by atoms with Crippen LogP contribution in [-0.4, -0.2) is 124 Å². The molecule has 490 valence electrons. The van der Waals surface area contributed by atoms with Crippen LogP contribution in [0.1, 0.15) is 151 Å². The molecule has 7 aromatic rings. The van der Waals surface area contributed by atoms with Crippen molar-refractivity contribution in [3.8, 4) is 51.7 Å². The number of fused-ring (bicyclic) bond motifs is 12. The Kier molecular flexibility index (Phi) is 19.7. The lowest BCUT2D eigenvalue weighted by molar-refractivity contribution is -0.143. The fourth-order valence-corrected chi connectivity index (χ4v) is 16.2. The summed E-state index contributed by atoms with van der Waals surface area (Å²) in [6, 6.07) is 34.8. The molecule has 8 atom stereocenters. The number of phenols is 2. The van der Waals surface area contributed by atoms with E-state index in [0.717, 1.165) is 106 Å². The van der Waals surface area contributed by atoms with Crippen molar-refractivity contribution in [1.82, 2.24) is 26.3 Å². The number of H-pyrrole nitrogens is 1. The summed E-state index contributed by atoms with van der Waals surface area (Å²) < 4.78 is 29.7. The third-order valence-corrected chi connectivity index (χ3v) is 20.5. The highest BCUT2D eigenvalue weighted by atomic mass is 16.6.